The van der Waals surface area contributed by atoms with Gasteiger partial charge < -0.3 is 20.1 Å². The van der Waals surface area contributed by atoms with Crippen molar-refractivity contribution in [1.29, 1.82) is 0 Å². The fourth-order valence-corrected chi connectivity index (χ4v) is 5.95. The molecule has 8 rings (SSSR count). The van der Waals surface area contributed by atoms with Gasteiger partial charge in [-0.2, -0.15) is 5.10 Å². The first-order chi connectivity index (χ1) is 22.1. The van der Waals surface area contributed by atoms with Crippen LogP contribution in [0.5, 0.6) is 5.75 Å². The molecule has 6 aromatic rings. The van der Waals surface area contributed by atoms with Crippen molar-refractivity contribution in [1.82, 2.24) is 40.0 Å². The van der Waals surface area contributed by atoms with Crippen LogP contribution in [0, 0.1) is 11.7 Å². The molecule has 11 nitrogen and oxygen atoms in total. The number of nitrogens with one attached hydrogen (secondary N) is 3. The molecule has 2 fully saturated rings. The summed E-state index contributed by atoms with van der Waals surface area (Å²) in [4.78, 5) is 24.2. The Balaban J connectivity index is 1.09. The highest BCUT2D eigenvalue weighted by atomic mass is 19.1. The Hall–Kier alpha value is -4.94. The van der Waals surface area contributed by atoms with Gasteiger partial charge in [0.1, 0.15) is 35.6 Å². The molecule has 4 N–H and O–H groups in total. The number of pyridine rings is 3. The minimum atomic E-state index is -0.586. The quantitative estimate of drug-likeness (QED) is 0.152. The molecule has 1 saturated heterocycles. The Labute approximate surface area is 257 Å². The second-order valence-corrected chi connectivity index (χ2v) is 11.8. The van der Waals surface area contributed by atoms with Gasteiger partial charge in [-0.1, -0.05) is 0 Å². The third-order valence-corrected chi connectivity index (χ3v) is 8.51. The summed E-state index contributed by atoms with van der Waals surface area (Å²) >= 11 is 0. The lowest BCUT2D eigenvalue weighted by molar-refractivity contribution is 0.180. The summed E-state index contributed by atoms with van der Waals surface area (Å²) in [6.45, 7) is 3.48. The molecule has 1 atom stereocenters. The molecule has 1 aliphatic heterocycles. The molecule has 1 saturated carbocycles. The Morgan fingerprint density at radius 3 is 2.76 bits per heavy atom. The van der Waals surface area contributed by atoms with Gasteiger partial charge in [-0.15, -0.1) is 0 Å². The number of hydrogen-bond acceptors (Lipinski definition) is 9. The molecule has 6 heterocycles. The highest BCUT2D eigenvalue weighted by molar-refractivity contribution is 5.97. The van der Waals surface area contributed by atoms with Gasteiger partial charge in [0.05, 0.1) is 40.5 Å². The van der Waals surface area contributed by atoms with Crippen LogP contribution in [0.4, 0.5) is 10.1 Å². The van der Waals surface area contributed by atoms with Gasteiger partial charge in [-0.3, -0.25) is 25.0 Å². The maximum atomic E-state index is 14.8. The molecule has 1 aliphatic carbocycles. The van der Waals surface area contributed by atoms with Crippen molar-refractivity contribution in [3.8, 4) is 39.8 Å². The smallest absolute Gasteiger partial charge is 0.159 e. The van der Waals surface area contributed by atoms with Crippen LogP contribution in [0.2, 0.25) is 0 Å². The second-order valence-electron chi connectivity index (χ2n) is 11.8. The Kier molecular flexibility index (Phi) is 7.07. The van der Waals surface area contributed by atoms with Crippen molar-refractivity contribution in [3.63, 3.8) is 0 Å². The van der Waals surface area contributed by atoms with E-state index in [9.17, 15) is 9.50 Å². The molecule has 5 aromatic heterocycles. The molecule has 1 aromatic carbocycles. The number of hydrogen-bond donors (Lipinski definition) is 4. The van der Waals surface area contributed by atoms with Crippen molar-refractivity contribution < 1.29 is 14.2 Å². The minimum Gasteiger partial charge on any atom is -0.492 e. The van der Waals surface area contributed by atoms with E-state index in [4.69, 9.17) is 9.72 Å². The number of ether oxygens (including phenoxy) is 1. The van der Waals surface area contributed by atoms with Crippen LogP contribution < -0.4 is 10.1 Å². The largest absolute Gasteiger partial charge is 0.492 e. The summed E-state index contributed by atoms with van der Waals surface area (Å²) in [6, 6.07) is 10.4. The fraction of sp³-hybridized carbons (Fsp3) is 0.303. The van der Waals surface area contributed by atoms with Crippen LogP contribution in [0.1, 0.15) is 25.7 Å². The zero-order valence-electron chi connectivity index (χ0n) is 24.5. The van der Waals surface area contributed by atoms with E-state index < -0.39 is 12.0 Å². The number of imidazole rings is 1. The van der Waals surface area contributed by atoms with Crippen molar-refractivity contribution in [3.05, 3.63) is 67.0 Å². The zero-order valence-corrected chi connectivity index (χ0v) is 24.5. The molecule has 0 radical (unpaired) electrons. The number of rotatable bonds is 10. The summed E-state index contributed by atoms with van der Waals surface area (Å²) in [5.41, 5.74) is 6.09. The number of aliphatic hydroxyl groups excluding tert-OH is 1. The number of nitrogens with zero attached hydrogens (tertiary/aromatic N) is 6. The Bertz CT molecular complexity index is 2000. The first-order valence-corrected chi connectivity index (χ1v) is 15.3. The maximum absolute atomic E-state index is 14.8. The van der Waals surface area contributed by atoms with Gasteiger partial charge in [0.15, 0.2) is 5.82 Å². The summed E-state index contributed by atoms with van der Waals surface area (Å²) < 4.78 is 20.7. The molecular weight excluding hydrogens is 573 g/mol. The molecule has 0 spiro atoms. The van der Waals surface area contributed by atoms with Crippen LogP contribution in [-0.2, 0) is 0 Å². The van der Waals surface area contributed by atoms with E-state index >= 15 is 0 Å². The van der Waals surface area contributed by atoms with Crippen LogP contribution in [0.3, 0.4) is 0 Å². The zero-order chi connectivity index (χ0) is 30.3. The number of aromatic nitrogens is 7. The van der Waals surface area contributed by atoms with Crippen molar-refractivity contribution in [2.24, 2.45) is 5.92 Å². The predicted octanol–water partition coefficient (Wildman–Crippen LogP) is 5.38. The molecule has 45 heavy (non-hydrogen) atoms. The minimum absolute atomic E-state index is 0.289. The average Bonchev–Trinajstić information content (AvgIpc) is 3.40. The molecule has 0 bridgehead atoms. The number of anilines is 1. The number of halogens is 1. The van der Waals surface area contributed by atoms with Crippen LogP contribution in [0.25, 0.3) is 56.0 Å². The number of H-pyrrole nitrogens is 2. The third-order valence-electron chi connectivity index (χ3n) is 8.51. The summed E-state index contributed by atoms with van der Waals surface area (Å²) in [5, 5.41) is 21.9. The maximum Gasteiger partial charge on any atom is 0.159 e. The van der Waals surface area contributed by atoms with E-state index in [-0.39, 0.29) is 5.92 Å². The van der Waals surface area contributed by atoms with Crippen LogP contribution in [0.15, 0.2) is 61.2 Å². The molecule has 1 unspecified atom stereocenters. The number of aliphatic hydroxyl groups is 1. The highest BCUT2D eigenvalue weighted by Gasteiger charge is 2.29. The highest BCUT2D eigenvalue weighted by Crippen LogP contribution is 2.35. The fourth-order valence-electron chi connectivity index (χ4n) is 5.95. The number of fused-ring (bicyclic) bond motifs is 2. The second kappa shape index (κ2) is 11.5. The summed E-state index contributed by atoms with van der Waals surface area (Å²) in [6.07, 6.45) is 10.7. The summed E-state index contributed by atoms with van der Waals surface area (Å²) in [5.74, 6) is 0.902. The number of benzene rings is 1. The standard InChI is InChI=1S/C33H32FN9O2/c34-22-11-20(13-24(14-22)45-10-9-43-7-1-2-8-43)29-31-26(5-6-36-29)39-32(40-31)30-25-15-27(37-18-28(25)41-42-30)21-12-23(17-35-16-21)38-33(44)19-3-4-19/h5-6,11-19,33,38,44H,1-4,7-10H2,(H,39,40)(H,41,42). The van der Waals surface area contributed by atoms with Gasteiger partial charge in [0, 0.05) is 47.4 Å². The van der Waals surface area contributed by atoms with Gasteiger partial charge >= 0.3 is 0 Å². The lowest BCUT2D eigenvalue weighted by Gasteiger charge is -2.15. The predicted molar refractivity (Wildman–Crippen MR) is 169 cm³/mol. The van der Waals surface area contributed by atoms with E-state index in [0.29, 0.717) is 46.3 Å². The number of likely N-dealkylation sites (tertiary alicyclic amines) is 1. The molecule has 12 heteroatoms. The number of aromatic amines is 2. The van der Waals surface area contributed by atoms with Crippen LogP contribution in [-0.4, -0.2) is 77.6 Å². The van der Waals surface area contributed by atoms with Crippen LogP contribution >= 0.6 is 0 Å². The molecular formula is C33H32FN9O2. The lowest BCUT2D eigenvalue weighted by Crippen LogP contribution is -2.25. The third kappa shape index (κ3) is 5.69. The summed E-state index contributed by atoms with van der Waals surface area (Å²) in [7, 11) is 0. The van der Waals surface area contributed by atoms with E-state index in [1.165, 1.54) is 25.0 Å². The van der Waals surface area contributed by atoms with Gasteiger partial charge in [-0.05, 0) is 69.1 Å². The average molecular weight is 606 g/mol. The van der Waals surface area contributed by atoms with Gasteiger partial charge in [-0.25, -0.2) is 9.37 Å². The van der Waals surface area contributed by atoms with E-state index in [1.54, 1.807) is 24.8 Å². The van der Waals surface area contributed by atoms with Gasteiger partial charge in [0.25, 0.3) is 0 Å². The van der Waals surface area contributed by atoms with Crippen molar-refractivity contribution >= 4 is 27.6 Å². The first-order valence-electron chi connectivity index (χ1n) is 15.3. The molecule has 228 valence electrons. The Morgan fingerprint density at radius 2 is 1.89 bits per heavy atom. The SMILES string of the molecule is OC(Nc1cncc(-c2cc3c(-c4nc5c(-c6cc(F)cc(OCCN7CCCC7)c6)nccc5[nH]4)n[nH]c3cn2)c1)C1CC1. The van der Waals surface area contributed by atoms with E-state index in [2.05, 4.69) is 40.3 Å². The van der Waals surface area contributed by atoms with Crippen molar-refractivity contribution in [2.75, 3.05) is 31.6 Å². The van der Waals surface area contributed by atoms with Gasteiger partial charge in [0.2, 0.25) is 0 Å². The molecule has 0 amide bonds. The lowest BCUT2D eigenvalue weighted by atomic mass is 10.1. The first kappa shape index (κ1) is 27.6. The normalized spacial score (nSPS) is 16.0. The topological polar surface area (TPSA) is 141 Å². The van der Waals surface area contributed by atoms with E-state index in [0.717, 1.165) is 60.1 Å². The van der Waals surface area contributed by atoms with Crippen molar-refractivity contribution in [2.45, 2.75) is 31.9 Å². The monoisotopic (exact) mass is 605 g/mol. The Morgan fingerprint density at radius 1 is 1.00 bits per heavy atom. The molecule has 2 aliphatic rings. The van der Waals surface area contributed by atoms with E-state index in [1.807, 2.05) is 24.3 Å².